The molecule has 1 aromatic heterocycles. The molecular formula is C8H13N3S. The lowest BCUT2D eigenvalue weighted by Crippen LogP contribution is -2.03. The molecule has 0 fully saturated rings. The Bertz CT molecular complexity index is 284. The van der Waals surface area contributed by atoms with E-state index in [1.807, 2.05) is 5.38 Å². The van der Waals surface area contributed by atoms with Crippen LogP contribution in [0.5, 0.6) is 0 Å². The van der Waals surface area contributed by atoms with Gasteiger partial charge in [0.05, 0.1) is 11.5 Å². The highest BCUT2D eigenvalue weighted by Gasteiger charge is 2.03. The molecule has 66 valence electrons. The number of rotatable bonds is 2. The molecular weight excluding hydrogens is 170 g/mol. The molecule has 0 aliphatic heterocycles. The molecule has 1 aromatic rings. The third-order valence-electron chi connectivity index (χ3n) is 1.37. The largest absolute Gasteiger partial charge is 0.387 e. The smallest absolute Gasteiger partial charge is 0.210 e. The first-order valence-corrected chi connectivity index (χ1v) is 4.73. The van der Waals surface area contributed by atoms with Crippen LogP contribution in [0.1, 0.15) is 32.4 Å². The van der Waals surface area contributed by atoms with Crippen LogP contribution in [0.4, 0.5) is 5.13 Å². The van der Waals surface area contributed by atoms with Crippen LogP contribution in [0.15, 0.2) is 10.4 Å². The summed E-state index contributed by atoms with van der Waals surface area (Å²) in [7, 11) is 0. The van der Waals surface area contributed by atoms with Crippen molar-refractivity contribution in [1.82, 2.24) is 4.98 Å². The van der Waals surface area contributed by atoms with Crippen molar-refractivity contribution < 1.29 is 0 Å². The van der Waals surface area contributed by atoms with E-state index in [1.54, 1.807) is 6.92 Å². The van der Waals surface area contributed by atoms with Gasteiger partial charge in [0, 0.05) is 5.38 Å². The van der Waals surface area contributed by atoms with Gasteiger partial charge in [-0.3, -0.25) is 0 Å². The first-order valence-electron chi connectivity index (χ1n) is 3.85. The number of nitrogens with zero attached hydrogens (tertiary/aromatic N) is 2. The Morgan fingerprint density at radius 2 is 2.33 bits per heavy atom. The van der Waals surface area contributed by atoms with Gasteiger partial charge in [-0.2, -0.15) is 0 Å². The molecule has 0 bridgehead atoms. The lowest BCUT2D eigenvalue weighted by atomic mass is 10.2. The molecule has 0 aliphatic rings. The maximum atomic E-state index is 5.43. The summed E-state index contributed by atoms with van der Waals surface area (Å²) >= 11 is 1.53. The Labute approximate surface area is 76.4 Å². The van der Waals surface area contributed by atoms with Crippen LogP contribution in [0.25, 0.3) is 0 Å². The molecule has 1 rings (SSSR count). The minimum atomic E-state index is 0.461. The van der Waals surface area contributed by atoms with E-state index in [9.17, 15) is 0 Å². The Morgan fingerprint density at radius 1 is 1.67 bits per heavy atom. The highest BCUT2D eigenvalue weighted by molar-refractivity contribution is 7.13. The van der Waals surface area contributed by atoms with Crippen molar-refractivity contribution in [3.05, 3.63) is 11.1 Å². The molecule has 0 saturated carbocycles. The van der Waals surface area contributed by atoms with E-state index in [0.717, 1.165) is 10.8 Å². The van der Waals surface area contributed by atoms with Gasteiger partial charge in [0.2, 0.25) is 5.13 Å². The quantitative estimate of drug-likeness (QED) is 0.565. The van der Waals surface area contributed by atoms with Gasteiger partial charge >= 0.3 is 0 Å². The molecule has 1 heterocycles. The lowest BCUT2D eigenvalue weighted by Gasteiger charge is -1.95. The molecule has 0 radical (unpaired) electrons. The van der Waals surface area contributed by atoms with Gasteiger partial charge in [-0.05, 0) is 12.8 Å². The van der Waals surface area contributed by atoms with E-state index in [1.165, 1.54) is 11.3 Å². The van der Waals surface area contributed by atoms with Crippen LogP contribution in [0.3, 0.4) is 0 Å². The van der Waals surface area contributed by atoms with Crippen LogP contribution < -0.4 is 5.73 Å². The SMILES string of the molecule is C/C(N)=N/c1nc(C(C)C)cs1. The molecule has 0 aliphatic carbocycles. The van der Waals surface area contributed by atoms with Crippen molar-refractivity contribution in [2.75, 3.05) is 0 Å². The topological polar surface area (TPSA) is 51.3 Å². The van der Waals surface area contributed by atoms with Crippen LogP contribution >= 0.6 is 11.3 Å². The minimum Gasteiger partial charge on any atom is -0.387 e. The van der Waals surface area contributed by atoms with Gasteiger partial charge in [0.1, 0.15) is 0 Å². The standard InChI is InChI=1S/C8H13N3S/c1-5(2)7-4-12-8(11-7)10-6(3)9/h4-5H,1-3H3,(H2,9,10,11). The zero-order valence-corrected chi connectivity index (χ0v) is 8.35. The van der Waals surface area contributed by atoms with Crippen molar-refractivity contribution in [3.8, 4) is 0 Å². The predicted molar refractivity (Wildman–Crippen MR) is 53.2 cm³/mol. The third kappa shape index (κ3) is 2.30. The van der Waals surface area contributed by atoms with Crippen LogP contribution in [-0.2, 0) is 0 Å². The summed E-state index contributed by atoms with van der Waals surface area (Å²) < 4.78 is 0. The molecule has 0 spiro atoms. The summed E-state index contributed by atoms with van der Waals surface area (Å²) in [5.74, 6) is 1.02. The second kappa shape index (κ2) is 3.67. The number of hydrogen-bond acceptors (Lipinski definition) is 3. The molecule has 4 heteroatoms. The van der Waals surface area contributed by atoms with Gasteiger partial charge in [-0.1, -0.05) is 13.8 Å². The molecule has 2 N–H and O–H groups in total. The molecule has 0 atom stereocenters. The Hall–Kier alpha value is -0.900. The Balaban J connectivity index is 2.85. The van der Waals surface area contributed by atoms with E-state index in [-0.39, 0.29) is 0 Å². The average molecular weight is 183 g/mol. The van der Waals surface area contributed by atoms with Crippen molar-refractivity contribution in [2.45, 2.75) is 26.7 Å². The Morgan fingerprint density at radius 3 is 2.75 bits per heavy atom. The van der Waals surface area contributed by atoms with E-state index in [4.69, 9.17) is 5.73 Å². The maximum Gasteiger partial charge on any atom is 0.210 e. The number of hydrogen-bond donors (Lipinski definition) is 1. The summed E-state index contributed by atoms with van der Waals surface area (Å²) in [6.45, 7) is 5.98. The predicted octanol–water partition coefficient (Wildman–Crippen LogP) is 2.28. The fraction of sp³-hybridized carbons (Fsp3) is 0.500. The molecule has 12 heavy (non-hydrogen) atoms. The van der Waals surface area contributed by atoms with Gasteiger partial charge in [0.25, 0.3) is 0 Å². The zero-order chi connectivity index (χ0) is 9.14. The van der Waals surface area contributed by atoms with E-state index in [0.29, 0.717) is 11.8 Å². The molecule has 0 amide bonds. The summed E-state index contributed by atoms with van der Waals surface area (Å²) in [6, 6.07) is 0. The molecule has 3 nitrogen and oxygen atoms in total. The first-order chi connectivity index (χ1) is 5.59. The van der Waals surface area contributed by atoms with E-state index in [2.05, 4.69) is 23.8 Å². The van der Waals surface area contributed by atoms with Crippen molar-refractivity contribution in [1.29, 1.82) is 0 Å². The second-order valence-electron chi connectivity index (χ2n) is 2.96. The summed E-state index contributed by atoms with van der Waals surface area (Å²) in [6.07, 6.45) is 0. The first kappa shape index (κ1) is 9.19. The maximum absolute atomic E-state index is 5.43. The van der Waals surface area contributed by atoms with Gasteiger partial charge < -0.3 is 5.73 Å². The van der Waals surface area contributed by atoms with Crippen LogP contribution in [0, 0.1) is 0 Å². The summed E-state index contributed by atoms with van der Waals surface area (Å²) in [4.78, 5) is 8.37. The monoisotopic (exact) mass is 183 g/mol. The van der Waals surface area contributed by atoms with Gasteiger partial charge in [0.15, 0.2) is 0 Å². The normalized spacial score (nSPS) is 12.5. The van der Waals surface area contributed by atoms with Crippen LogP contribution in [0.2, 0.25) is 0 Å². The molecule has 0 unspecified atom stereocenters. The molecule has 0 aromatic carbocycles. The van der Waals surface area contributed by atoms with E-state index < -0.39 is 0 Å². The number of nitrogens with two attached hydrogens (primary N) is 1. The van der Waals surface area contributed by atoms with Crippen molar-refractivity contribution >= 4 is 22.3 Å². The number of aliphatic imine (C=N–C) groups is 1. The van der Waals surface area contributed by atoms with Crippen molar-refractivity contribution in [2.24, 2.45) is 10.7 Å². The number of aromatic nitrogens is 1. The minimum absolute atomic E-state index is 0.461. The highest BCUT2D eigenvalue weighted by Crippen LogP contribution is 2.23. The van der Waals surface area contributed by atoms with Gasteiger partial charge in [-0.25, -0.2) is 9.98 Å². The second-order valence-corrected chi connectivity index (χ2v) is 3.80. The average Bonchev–Trinajstić information content (AvgIpc) is 2.34. The highest BCUT2D eigenvalue weighted by atomic mass is 32.1. The molecule has 0 saturated heterocycles. The van der Waals surface area contributed by atoms with E-state index >= 15 is 0 Å². The Kier molecular flexibility index (Phi) is 2.81. The fourth-order valence-electron chi connectivity index (χ4n) is 0.744. The zero-order valence-electron chi connectivity index (χ0n) is 7.53. The third-order valence-corrected chi connectivity index (χ3v) is 2.13. The fourth-order valence-corrected chi connectivity index (χ4v) is 1.65. The lowest BCUT2D eigenvalue weighted by molar-refractivity contribution is 0.833. The number of thiazole rings is 1. The summed E-state index contributed by atoms with van der Waals surface area (Å²) in [5, 5.41) is 2.77. The van der Waals surface area contributed by atoms with Crippen molar-refractivity contribution in [3.63, 3.8) is 0 Å². The number of amidine groups is 1. The summed E-state index contributed by atoms with van der Waals surface area (Å²) in [5.41, 5.74) is 6.51. The van der Waals surface area contributed by atoms with Gasteiger partial charge in [-0.15, -0.1) is 11.3 Å². The van der Waals surface area contributed by atoms with Crippen LogP contribution in [-0.4, -0.2) is 10.8 Å².